The van der Waals surface area contributed by atoms with Crippen LogP contribution in [0, 0.1) is 0 Å². The second-order valence-electron chi connectivity index (χ2n) is 6.75. The van der Waals surface area contributed by atoms with Gasteiger partial charge in [-0.05, 0) is 49.9 Å². The van der Waals surface area contributed by atoms with Crippen LogP contribution < -0.4 is 9.47 Å². The Bertz CT molecular complexity index is 782. The highest BCUT2D eigenvalue weighted by atomic mass is 16.5. The Hall–Kier alpha value is -2.50. The number of ether oxygens (including phenoxy) is 2. The van der Waals surface area contributed by atoms with Gasteiger partial charge in [0, 0.05) is 23.7 Å². The largest absolute Gasteiger partial charge is 0.497 e. The van der Waals surface area contributed by atoms with Crippen molar-refractivity contribution in [2.75, 3.05) is 20.8 Å². The van der Waals surface area contributed by atoms with Gasteiger partial charge in [-0.1, -0.05) is 0 Å². The van der Waals surface area contributed by atoms with Crippen molar-refractivity contribution in [1.82, 2.24) is 15.1 Å². The molecule has 4 rings (SSSR count). The molecule has 1 N–H and O–H groups in total. The average Bonchev–Trinajstić information content (AvgIpc) is 3.19. The summed E-state index contributed by atoms with van der Waals surface area (Å²) >= 11 is 0. The van der Waals surface area contributed by atoms with E-state index in [1.54, 1.807) is 14.2 Å². The number of carbonyl (C=O) groups excluding carboxylic acids is 1. The molecule has 2 aromatic rings. The Morgan fingerprint density at radius 3 is 2.76 bits per heavy atom. The Morgan fingerprint density at radius 2 is 2.04 bits per heavy atom. The number of nitrogens with one attached hydrogen (secondary N) is 1. The third-order valence-corrected chi connectivity index (χ3v) is 5.14. The molecule has 1 saturated carbocycles. The Labute approximate surface area is 147 Å². The normalized spacial score (nSPS) is 19.9. The number of hydrogen-bond donors (Lipinski definition) is 1. The standard InChI is InChI=1S/C19H23N3O3/c1-24-13-7-8-18(25-2)14(10-13)17-4-3-9-22(17)19(23)16-11-15(20-21-16)12-5-6-12/h7-8,10-12,17H,3-6,9H2,1-2H3,(H,20,21)/t17-/m1/s1. The molecule has 1 aromatic carbocycles. The summed E-state index contributed by atoms with van der Waals surface area (Å²) in [7, 11) is 3.30. The molecule has 25 heavy (non-hydrogen) atoms. The highest BCUT2D eigenvalue weighted by Gasteiger charge is 2.34. The lowest BCUT2D eigenvalue weighted by Crippen LogP contribution is -2.31. The van der Waals surface area contributed by atoms with Crippen LogP contribution in [0.15, 0.2) is 24.3 Å². The molecular weight excluding hydrogens is 318 g/mol. The molecular formula is C19H23N3O3. The van der Waals surface area contributed by atoms with E-state index in [1.165, 1.54) is 12.8 Å². The number of nitrogens with zero attached hydrogens (tertiary/aromatic N) is 2. The maximum atomic E-state index is 13.0. The van der Waals surface area contributed by atoms with Gasteiger partial charge in [0.1, 0.15) is 17.2 Å². The number of carbonyl (C=O) groups is 1. The van der Waals surface area contributed by atoms with Crippen molar-refractivity contribution in [1.29, 1.82) is 0 Å². The maximum Gasteiger partial charge on any atom is 0.274 e. The zero-order valence-electron chi connectivity index (χ0n) is 14.6. The average molecular weight is 341 g/mol. The molecule has 0 unspecified atom stereocenters. The molecule has 1 amide bonds. The SMILES string of the molecule is COc1ccc(OC)c([C@H]2CCCN2C(=O)c2cc(C3CC3)[nH]n2)c1. The van der Waals surface area contributed by atoms with E-state index in [-0.39, 0.29) is 11.9 Å². The molecule has 6 nitrogen and oxygen atoms in total. The quantitative estimate of drug-likeness (QED) is 0.906. The lowest BCUT2D eigenvalue weighted by Gasteiger charge is -2.26. The third kappa shape index (κ3) is 2.97. The molecule has 2 fully saturated rings. The van der Waals surface area contributed by atoms with Crippen molar-refractivity contribution in [2.24, 2.45) is 0 Å². The van der Waals surface area contributed by atoms with Gasteiger partial charge in [0.05, 0.1) is 20.3 Å². The lowest BCUT2D eigenvalue weighted by atomic mass is 10.0. The first-order chi connectivity index (χ1) is 12.2. The van der Waals surface area contributed by atoms with Gasteiger partial charge in [0.15, 0.2) is 0 Å². The summed E-state index contributed by atoms with van der Waals surface area (Å²) in [6.45, 7) is 0.732. The van der Waals surface area contributed by atoms with E-state index >= 15 is 0 Å². The van der Waals surface area contributed by atoms with E-state index in [0.29, 0.717) is 11.6 Å². The van der Waals surface area contributed by atoms with Crippen LogP contribution in [-0.4, -0.2) is 41.8 Å². The number of likely N-dealkylation sites (tertiary alicyclic amines) is 1. The zero-order valence-corrected chi connectivity index (χ0v) is 14.6. The Morgan fingerprint density at radius 1 is 1.20 bits per heavy atom. The van der Waals surface area contributed by atoms with Crippen LogP contribution in [0.3, 0.4) is 0 Å². The van der Waals surface area contributed by atoms with E-state index in [4.69, 9.17) is 9.47 Å². The van der Waals surface area contributed by atoms with Gasteiger partial charge in [-0.25, -0.2) is 0 Å². The number of rotatable bonds is 5. The molecule has 6 heteroatoms. The molecule has 1 atom stereocenters. The molecule has 0 radical (unpaired) electrons. The Kier molecular flexibility index (Phi) is 4.11. The predicted molar refractivity (Wildman–Crippen MR) is 93.1 cm³/mol. The number of benzene rings is 1. The van der Waals surface area contributed by atoms with Gasteiger partial charge < -0.3 is 14.4 Å². The predicted octanol–water partition coefficient (Wildman–Crippen LogP) is 3.28. The second kappa shape index (κ2) is 6.43. The van der Waals surface area contributed by atoms with E-state index < -0.39 is 0 Å². The topological polar surface area (TPSA) is 67.5 Å². The lowest BCUT2D eigenvalue weighted by molar-refractivity contribution is 0.0728. The minimum absolute atomic E-state index is 0.0152. The smallest absolute Gasteiger partial charge is 0.274 e. The summed E-state index contributed by atoms with van der Waals surface area (Å²) in [6.07, 6.45) is 4.25. The maximum absolute atomic E-state index is 13.0. The summed E-state index contributed by atoms with van der Waals surface area (Å²) < 4.78 is 10.9. The first-order valence-electron chi connectivity index (χ1n) is 8.79. The summed E-state index contributed by atoms with van der Waals surface area (Å²) in [4.78, 5) is 14.9. The van der Waals surface area contributed by atoms with Gasteiger partial charge in [-0.3, -0.25) is 9.89 Å². The monoisotopic (exact) mass is 341 g/mol. The van der Waals surface area contributed by atoms with Gasteiger partial charge in [-0.15, -0.1) is 0 Å². The van der Waals surface area contributed by atoms with E-state index in [2.05, 4.69) is 10.2 Å². The van der Waals surface area contributed by atoms with Crippen molar-refractivity contribution in [3.8, 4) is 11.5 Å². The first-order valence-corrected chi connectivity index (χ1v) is 8.79. The second-order valence-corrected chi connectivity index (χ2v) is 6.75. The van der Waals surface area contributed by atoms with Crippen molar-refractivity contribution < 1.29 is 14.3 Å². The number of amides is 1. The number of H-pyrrole nitrogens is 1. The summed E-state index contributed by atoms with van der Waals surface area (Å²) in [5, 5.41) is 7.28. The van der Waals surface area contributed by atoms with Crippen LogP contribution in [0.4, 0.5) is 0 Å². The number of methoxy groups -OCH3 is 2. The zero-order chi connectivity index (χ0) is 17.4. The summed E-state index contributed by atoms with van der Waals surface area (Å²) in [6, 6.07) is 7.64. The van der Waals surface area contributed by atoms with Crippen molar-refractivity contribution in [2.45, 2.75) is 37.6 Å². The molecule has 0 spiro atoms. The van der Waals surface area contributed by atoms with Gasteiger partial charge in [0.2, 0.25) is 0 Å². The highest BCUT2D eigenvalue weighted by molar-refractivity contribution is 5.93. The minimum atomic E-state index is -0.0180. The van der Waals surface area contributed by atoms with Crippen LogP contribution >= 0.6 is 0 Å². The van der Waals surface area contributed by atoms with Crippen molar-refractivity contribution in [3.63, 3.8) is 0 Å². The molecule has 1 aliphatic carbocycles. The molecule has 132 valence electrons. The molecule has 1 aromatic heterocycles. The van der Waals surface area contributed by atoms with Crippen LogP contribution in [0.25, 0.3) is 0 Å². The van der Waals surface area contributed by atoms with Gasteiger partial charge in [0.25, 0.3) is 5.91 Å². The van der Waals surface area contributed by atoms with Crippen molar-refractivity contribution >= 4 is 5.91 Å². The summed E-state index contributed by atoms with van der Waals surface area (Å²) in [5.74, 6) is 2.09. The fourth-order valence-electron chi connectivity index (χ4n) is 3.63. The van der Waals surface area contributed by atoms with Crippen LogP contribution in [-0.2, 0) is 0 Å². The fraction of sp³-hybridized carbons (Fsp3) is 0.474. The third-order valence-electron chi connectivity index (χ3n) is 5.14. The van der Waals surface area contributed by atoms with Crippen LogP contribution in [0.2, 0.25) is 0 Å². The fourth-order valence-corrected chi connectivity index (χ4v) is 3.63. The molecule has 0 bridgehead atoms. The highest BCUT2D eigenvalue weighted by Crippen LogP contribution is 2.41. The van der Waals surface area contributed by atoms with E-state index in [0.717, 1.165) is 42.1 Å². The summed E-state index contributed by atoms with van der Waals surface area (Å²) in [5.41, 5.74) is 2.58. The minimum Gasteiger partial charge on any atom is -0.497 e. The van der Waals surface area contributed by atoms with Gasteiger partial charge in [-0.2, -0.15) is 5.10 Å². The first kappa shape index (κ1) is 16.0. The van der Waals surface area contributed by atoms with E-state index in [9.17, 15) is 4.79 Å². The number of aromatic nitrogens is 2. The molecule has 2 aliphatic rings. The Balaban J connectivity index is 1.62. The molecule has 1 saturated heterocycles. The molecule has 1 aliphatic heterocycles. The van der Waals surface area contributed by atoms with Crippen LogP contribution in [0.1, 0.15) is 59.4 Å². The van der Waals surface area contributed by atoms with E-state index in [1.807, 2.05) is 29.2 Å². The molecule has 2 heterocycles. The number of aromatic amines is 1. The van der Waals surface area contributed by atoms with Crippen molar-refractivity contribution in [3.05, 3.63) is 41.2 Å². The van der Waals surface area contributed by atoms with Crippen LogP contribution in [0.5, 0.6) is 11.5 Å². The van der Waals surface area contributed by atoms with Gasteiger partial charge >= 0.3 is 0 Å². The number of hydrogen-bond acceptors (Lipinski definition) is 4.